The standard InChI is InChI=1S/C15H25N3O3/c1-3-9-21-13-5-4-6-17(11-13)7-8-18-14(19)10-12(2)16-15(18)20/h10,13H,3-9,11H2,1-2H3,(H,16,20). The van der Waals surface area contributed by atoms with Crippen LogP contribution >= 0.6 is 0 Å². The Kier molecular flexibility index (Phi) is 5.76. The average molecular weight is 295 g/mol. The van der Waals surface area contributed by atoms with Crippen LogP contribution in [0.4, 0.5) is 0 Å². The van der Waals surface area contributed by atoms with Crippen LogP contribution in [-0.4, -0.2) is 46.8 Å². The molecule has 1 atom stereocenters. The summed E-state index contributed by atoms with van der Waals surface area (Å²) < 4.78 is 7.07. The molecule has 1 fully saturated rings. The zero-order valence-electron chi connectivity index (χ0n) is 12.9. The van der Waals surface area contributed by atoms with Gasteiger partial charge in [-0.05, 0) is 32.7 Å². The zero-order valence-corrected chi connectivity index (χ0v) is 12.9. The van der Waals surface area contributed by atoms with Crippen LogP contribution in [0, 0.1) is 6.92 Å². The summed E-state index contributed by atoms with van der Waals surface area (Å²) >= 11 is 0. The summed E-state index contributed by atoms with van der Waals surface area (Å²) in [4.78, 5) is 28.6. The summed E-state index contributed by atoms with van der Waals surface area (Å²) in [6.07, 6.45) is 3.52. The highest BCUT2D eigenvalue weighted by Crippen LogP contribution is 2.13. The van der Waals surface area contributed by atoms with E-state index in [1.165, 1.54) is 10.6 Å². The van der Waals surface area contributed by atoms with Gasteiger partial charge in [-0.3, -0.25) is 14.3 Å². The van der Waals surface area contributed by atoms with E-state index >= 15 is 0 Å². The van der Waals surface area contributed by atoms with E-state index in [4.69, 9.17) is 4.74 Å². The number of hydrogen-bond acceptors (Lipinski definition) is 4. The molecule has 6 nitrogen and oxygen atoms in total. The topological polar surface area (TPSA) is 67.3 Å². The number of aromatic amines is 1. The van der Waals surface area contributed by atoms with Crippen LogP contribution in [-0.2, 0) is 11.3 Å². The number of aromatic nitrogens is 2. The first kappa shape index (κ1) is 16.0. The van der Waals surface area contributed by atoms with Crippen LogP contribution in [0.3, 0.4) is 0 Å². The lowest BCUT2D eigenvalue weighted by Crippen LogP contribution is -2.44. The Balaban J connectivity index is 1.91. The molecule has 6 heteroatoms. The van der Waals surface area contributed by atoms with Crippen molar-refractivity contribution in [3.63, 3.8) is 0 Å². The van der Waals surface area contributed by atoms with E-state index < -0.39 is 0 Å². The molecule has 0 aromatic carbocycles. The monoisotopic (exact) mass is 295 g/mol. The first-order chi connectivity index (χ1) is 10.1. The van der Waals surface area contributed by atoms with Gasteiger partial charge in [0.1, 0.15) is 0 Å². The fraction of sp³-hybridized carbons (Fsp3) is 0.733. The van der Waals surface area contributed by atoms with Gasteiger partial charge in [0.25, 0.3) is 5.56 Å². The molecule has 21 heavy (non-hydrogen) atoms. The van der Waals surface area contributed by atoms with Crippen molar-refractivity contribution < 1.29 is 4.74 Å². The lowest BCUT2D eigenvalue weighted by molar-refractivity contribution is -0.000888. The van der Waals surface area contributed by atoms with Crippen LogP contribution in [0.15, 0.2) is 15.7 Å². The van der Waals surface area contributed by atoms with Gasteiger partial charge >= 0.3 is 5.69 Å². The number of ether oxygens (including phenoxy) is 1. The Morgan fingerprint density at radius 1 is 1.38 bits per heavy atom. The summed E-state index contributed by atoms with van der Waals surface area (Å²) in [7, 11) is 0. The van der Waals surface area contributed by atoms with Crippen molar-refractivity contribution in [2.75, 3.05) is 26.2 Å². The minimum absolute atomic E-state index is 0.230. The lowest BCUT2D eigenvalue weighted by Gasteiger charge is -2.32. The van der Waals surface area contributed by atoms with Crippen LogP contribution in [0.1, 0.15) is 31.9 Å². The predicted octanol–water partition coefficient (Wildman–Crippen LogP) is 0.736. The van der Waals surface area contributed by atoms with Crippen molar-refractivity contribution in [2.45, 2.75) is 45.8 Å². The van der Waals surface area contributed by atoms with Crippen molar-refractivity contribution in [3.8, 4) is 0 Å². The molecule has 1 aliphatic heterocycles. The summed E-state index contributed by atoms with van der Waals surface area (Å²) in [6.45, 7) is 7.65. The Labute approximate surface area is 124 Å². The maximum atomic E-state index is 11.8. The molecule has 0 radical (unpaired) electrons. The van der Waals surface area contributed by atoms with Crippen molar-refractivity contribution in [2.24, 2.45) is 0 Å². The predicted molar refractivity (Wildman–Crippen MR) is 81.8 cm³/mol. The molecule has 0 saturated carbocycles. The summed E-state index contributed by atoms with van der Waals surface area (Å²) in [5.74, 6) is 0. The minimum atomic E-state index is -0.323. The van der Waals surface area contributed by atoms with Crippen molar-refractivity contribution in [1.82, 2.24) is 14.5 Å². The summed E-state index contributed by atoms with van der Waals surface area (Å²) in [5, 5.41) is 0. The van der Waals surface area contributed by atoms with E-state index in [0.29, 0.717) is 18.8 Å². The highest BCUT2D eigenvalue weighted by atomic mass is 16.5. The normalized spacial score (nSPS) is 19.8. The van der Waals surface area contributed by atoms with Crippen molar-refractivity contribution >= 4 is 0 Å². The number of nitrogens with zero attached hydrogens (tertiary/aromatic N) is 2. The highest BCUT2D eigenvalue weighted by molar-refractivity contribution is 4.96. The number of piperidine rings is 1. The Morgan fingerprint density at radius 2 is 2.19 bits per heavy atom. The van der Waals surface area contributed by atoms with Gasteiger partial charge in [0, 0.05) is 38.0 Å². The van der Waals surface area contributed by atoms with Gasteiger partial charge in [0.05, 0.1) is 6.10 Å². The van der Waals surface area contributed by atoms with Crippen LogP contribution in [0.25, 0.3) is 0 Å². The SMILES string of the molecule is CCCOC1CCCN(CCn2c(=O)cc(C)[nH]c2=O)C1. The molecule has 0 aliphatic carbocycles. The lowest BCUT2D eigenvalue weighted by atomic mass is 10.1. The third-order valence-corrected chi connectivity index (χ3v) is 3.82. The van der Waals surface area contributed by atoms with E-state index in [0.717, 1.165) is 39.0 Å². The maximum absolute atomic E-state index is 11.8. The molecule has 118 valence electrons. The number of aryl methyl sites for hydroxylation is 1. The van der Waals surface area contributed by atoms with E-state index in [9.17, 15) is 9.59 Å². The molecular weight excluding hydrogens is 270 g/mol. The fourth-order valence-corrected chi connectivity index (χ4v) is 2.73. The number of likely N-dealkylation sites (tertiary alicyclic amines) is 1. The Morgan fingerprint density at radius 3 is 2.90 bits per heavy atom. The van der Waals surface area contributed by atoms with Gasteiger partial charge < -0.3 is 9.72 Å². The molecule has 1 N–H and O–H groups in total. The van der Waals surface area contributed by atoms with Gasteiger partial charge in [0.15, 0.2) is 0 Å². The first-order valence-corrected chi connectivity index (χ1v) is 7.75. The molecular formula is C15H25N3O3. The quantitative estimate of drug-likeness (QED) is 0.840. The van der Waals surface area contributed by atoms with E-state index in [-0.39, 0.29) is 17.4 Å². The zero-order chi connectivity index (χ0) is 15.2. The van der Waals surface area contributed by atoms with Gasteiger partial charge in [0.2, 0.25) is 0 Å². The summed E-state index contributed by atoms with van der Waals surface area (Å²) in [5.41, 5.74) is 0.0510. The molecule has 0 spiro atoms. The molecule has 1 aromatic heterocycles. The van der Waals surface area contributed by atoms with Gasteiger partial charge in [-0.15, -0.1) is 0 Å². The molecule has 1 aromatic rings. The number of rotatable bonds is 6. The molecule has 1 saturated heterocycles. The Hall–Kier alpha value is -1.40. The third-order valence-electron chi connectivity index (χ3n) is 3.82. The van der Waals surface area contributed by atoms with Gasteiger partial charge in [-0.1, -0.05) is 6.92 Å². The first-order valence-electron chi connectivity index (χ1n) is 7.75. The van der Waals surface area contributed by atoms with E-state index in [2.05, 4.69) is 16.8 Å². The van der Waals surface area contributed by atoms with Crippen LogP contribution in [0.5, 0.6) is 0 Å². The van der Waals surface area contributed by atoms with Crippen LogP contribution in [0.2, 0.25) is 0 Å². The van der Waals surface area contributed by atoms with E-state index in [1.807, 2.05) is 0 Å². The number of nitrogens with one attached hydrogen (secondary N) is 1. The Bertz CT molecular complexity index is 533. The molecule has 0 bridgehead atoms. The minimum Gasteiger partial charge on any atom is -0.377 e. The smallest absolute Gasteiger partial charge is 0.328 e. The molecule has 2 rings (SSSR count). The van der Waals surface area contributed by atoms with Crippen molar-refractivity contribution in [3.05, 3.63) is 32.6 Å². The third kappa shape index (κ3) is 4.54. The molecule has 1 aliphatic rings. The number of H-pyrrole nitrogens is 1. The fourth-order valence-electron chi connectivity index (χ4n) is 2.73. The van der Waals surface area contributed by atoms with E-state index in [1.54, 1.807) is 6.92 Å². The average Bonchev–Trinajstić information content (AvgIpc) is 2.44. The molecule has 1 unspecified atom stereocenters. The van der Waals surface area contributed by atoms with Crippen LogP contribution < -0.4 is 11.2 Å². The molecule has 0 amide bonds. The second-order valence-corrected chi connectivity index (χ2v) is 5.68. The summed E-state index contributed by atoms with van der Waals surface area (Å²) in [6, 6.07) is 1.46. The van der Waals surface area contributed by atoms with Crippen molar-refractivity contribution in [1.29, 1.82) is 0 Å². The number of hydrogen-bond donors (Lipinski definition) is 1. The van der Waals surface area contributed by atoms with Gasteiger partial charge in [-0.2, -0.15) is 0 Å². The van der Waals surface area contributed by atoms with Gasteiger partial charge in [-0.25, -0.2) is 4.79 Å². The molecule has 2 heterocycles. The maximum Gasteiger partial charge on any atom is 0.328 e. The second kappa shape index (κ2) is 7.56. The largest absolute Gasteiger partial charge is 0.377 e. The highest BCUT2D eigenvalue weighted by Gasteiger charge is 2.20. The second-order valence-electron chi connectivity index (χ2n) is 5.68.